The van der Waals surface area contributed by atoms with Crippen molar-refractivity contribution in [3.63, 3.8) is 0 Å². The number of aromatic nitrogens is 1. The predicted octanol–water partition coefficient (Wildman–Crippen LogP) is 3.03. The number of rotatable bonds is 5. The van der Waals surface area contributed by atoms with Crippen molar-refractivity contribution < 1.29 is 18.7 Å². The van der Waals surface area contributed by atoms with Crippen molar-refractivity contribution >= 4 is 5.91 Å². The monoisotopic (exact) mass is 316 g/mol. The first-order valence-corrected chi connectivity index (χ1v) is 7.69. The van der Waals surface area contributed by atoms with E-state index in [0.717, 1.165) is 31.2 Å². The molecule has 6 nitrogen and oxygen atoms in total. The number of nitrogens with one attached hydrogen (secondary N) is 1. The molecule has 3 rings (SSSR count). The lowest BCUT2D eigenvalue weighted by Crippen LogP contribution is -2.33. The summed E-state index contributed by atoms with van der Waals surface area (Å²) in [5.41, 5.74) is 1.01. The Kier molecular flexibility index (Phi) is 4.50. The molecule has 1 amide bonds. The highest BCUT2D eigenvalue weighted by Gasteiger charge is 2.23. The molecular formula is C17H20N2O4. The van der Waals surface area contributed by atoms with Gasteiger partial charge in [0, 0.05) is 11.6 Å². The van der Waals surface area contributed by atoms with Gasteiger partial charge in [-0.2, -0.15) is 0 Å². The fourth-order valence-corrected chi connectivity index (χ4v) is 2.91. The van der Waals surface area contributed by atoms with Crippen LogP contribution in [0.2, 0.25) is 0 Å². The SMILES string of the molecule is COc1ccc(-c2ocnc2C(=O)NC2CCCC2)cc1OC. The molecule has 23 heavy (non-hydrogen) atoms. The average Bonchev–Trinajstić information content (AvgIpc) is 3.25. The zero-order valence-corrected chi connectivity index (χ0v) is 13.3. The molecule has 0 spiro atoms. The van der Waals surface area contributed by atoms with Crippen LogP contribution in [-0.2, 0) is 0 Å². The minimum Gasteiger partial charge on any atom is -0.493 e. The molecule has 1 aromatic heterocycles. The van der Waals surface area contributed by atoms with Crippen LogP contribution < -0.4 is 14.8 Å². The van der Waals surface area contributed by atoms with E-state index in [-0.39, 0.29) is 11.9 Å². The number of hydrogen-bond acceptors (Lipinski definition) is 5. The molecule has 1 aromatic carbocycles. The summed E-state index contributed by atoms with van der Waals surface area (Å²) in [4.78, 5) is 16.5. The van der Waals surface area contributed by atoms with Crippen LogP contribution in [0.25, 0.3) is 11.3 Å². The molecule has 122 valence electrons. The number of benzene rings is 1. The molecule has 0 unspecified atom stereocenters. The van der Waals surface area contributed by atoms with Gasteiger partial charge in [-0.3, -0.25) is 4.79 Å². The second-order valence-corrected chi connectivity index (χ2v) is 5.55. The molecule has 0 saturated heterocycles. The van der Waals surface area contributed by atoms with E-state index in [1.54, 1.807) is 26.4 Å². The van der Waals surface area contributed by atoms with Crippen molar-refractivity contribution in [3.8, 4) is 22.8 Å². The number of nitrogens with zero attached hydrogens (tertiary/aromatic N) is 1. The van der Waals surface area contributed by atoms with E-state index in [1.165, 1.54) is 6.39 Å². The van der Waals surface area contributed by atoms with E-state index in [0.29, 0.717) is 23.0 Å². The number of carbonyl (C=O) groups is 1. The molecular weight excluding hydrogens is 296 g/mol. The topological polar surface area (TPSA) is 73.6 Å². The predicted molar refractivity (Wildman–Crippen MR) is 84.8 cm³/mol. The Balaban J connectivity index is 1.86. The molecule has 1 saturated carbocycles. The highest BCUT2D eigenvalue weighted by Crippen LogP contribution is 2.33. The number of amides is 1. The summed E-state index contributed by atoms with van der Waals surface area (Å²) in [6.45, 7) is 0. The van der Waals surface area contributed by atoms with Gasteiger partial charge in [-0.05, 0) is 31.0 Å². The molecule has 1 aliphatic carbocycles. The quantitative estimate of drug-likeness (QED) is 0.918. The van der Waals surface area contributed by atoms with Crippen molar-refractivity contribution in [2.45, 2.75) is 31.7 Å². The number of carbonyl (C=O) groups excluding carboxylic acids is 1. The van der Waals surface area contributed by atoms with Crippen LogP contribution in [0.15, 0.2) is 29.0 Å². The van der Waals surface area contributed by atoms with Gasteiger partial charge in [0.1, 0.15) is 0 Å². The molecule has 0 atom stereocenters. The Morgan fingerprint density at radius 1 is 1.22 bits per heavy atom. The summed E-state index contributed by atoms with van der Waals surface area (Å²) in [7, 11) is 3.14. The van der Waals surface area contributed by atoms with Gasteiger partial charge in [0.25, 0.3) is 5.91 Å². The smallest absolute Gasteiger partial charge is 0.274 e. The fraction of sp³-hybridized carbons (Fsp3) is 0.412. The van der Waals surface area contributed by atoms with Gasteiger partial charge < -0.3 is 19.2 Å². The number of hydrogen-bond donors (Lipinski definition) is 1. The van der Waals surface area contributed by atoms with Gasteiger partial charge in [-0.1, -0.05) is 12.8 Å². The van der Waals surface area contributed by atoms with Gasteiger partial charge in [-0.15, -0.1) is 0 Å². The Morgan fingerprint density at radius 2 is 1.96 bits per heavy atom. The normalized spacial score (nSPS) is 14.7. The van der Waals surface area contributed by atoms with Crippen LogP contribution in [0, 0.1) is 0 Å². The Bertz CT molecular complexity index is 690. The lowest BCUT2D eigenvalue weighted by Gasteiger charge is -2.11. The largest absolute Gasteiger partial charge is 0.493 e. The van der Waals surface area contributed by atoms with Gasteiger partial charge in [0.15, 0.2) is 29.3 Å². The second kappa shape index (κ2) is 6.73. The Hall–Kier alpha value is -2.50. The molecule has 6 heteroatoms. The summed E-state index contributed by atoms with van der Waals surface area (Å²) in [6, 6.07) is 5.59. The van der Waals surface area contributed by atoms with Gasteiger partial charge >= 0.3 is 0 Å². The highest BCUT2D eigenvalue weighted by molar-refractivity contribution is 5.97. The third-order valence-electron chi connectivity index (χ3n) is 4.12. The maximum Gasteiger partial charge on any atom is 0.274 e. The minimum atomic E-state index is -0.199. The van der Waals surface area contributed by atoms with Gasteiger partial charge in [-0.25, -0.2) is 4.98 Å². The maximum absolute atomic E-state index is 12.4. The minimum absolute atomic E-state index is 0.199. The molecule has 1 aliphatic rings. The van der Waals surface area contributed by atoms with Crippen LogP contribution in [-0.4, -0.2) is 31.2 Å². The first-order chi connectivity index (χ1) is 11.2. The first-order valence-electron chi connectivity index (χ1n) is 7.69. The van der Waals surface area contributed by atoms with Crippen LogP contribution in [0.4, 0.5) is 0 Å². The summed E-state index contributed by atoms with van der Waals surface area (Å²) in [6.07, 6.45) is 5.65. The molecule has 1 fully saturated rings. The van der Waals surface area contributed by atoms with Gasteiger partial charge in [0.2, 0.25) is 0 Å². The van der Waals surface area contributed by atoms with Crippen LogP contribution in [0.3, 0.4) is 0 Å². The first kappa shape index (κ1) is 15.4. The van der Waals surface area contributed by atoms with E-state index < -0.39 is 0 Å². The molecule has 0 radical (unpaired) electrons. The summed E-state index contributed by atoms with van der Waals surface area (Å²) < 4.78 is 16.0. The molecule has 0 bridgehead atoms. The maximum atomic E-state index is 12.4. The second-order valence-electron chi connectivity index (χ2n) is 5.55. The summed E-state index contributed by atoms with van der Waals surface area (Å²) >= 11 is 0. The highest BCUT2D eigenvalue weighted by atomic mass is 16.5. The standard InChI is InChI=1S/C17H20N2O4/c1-21-13-8-7-11(9-14(13)22-2)16-15(18-10-23-16)17(20)19-12-5-3-4-6-12/h7-10,12H,3-6H2,1-2H3,(H,19,20). The van der Waals surface area contributed by atoms with E-state index in [9.17, 15) is 4.79 Å². The molecule has 1 heterocycles. The third-order valence-corrected chi connectivity index (χ3v) is 4.12. The van der Waals surface area contributed by atoms with E-state index in [1.807, 2.05) is 6.07 Å². The van der Waals surface area contributed by atoms with E-state index >= 15 is 0 Å². The van der Waals surface area contributed by atoms with E-state index in [2.05, 4.69) is 10.3 Å². The fourth-order valence-electron chi connectivity index (χ4n) is 2.91. The van der Waals surface area contributed by atoms with Crippen molar-refractivity contribution in [2.24, 2.45) is 0 Å². The van der Waals surface area contributed by atoms with Crippen LogP contribution in [0.1, 0.15) is 36.2 Å². The van der Waals surface area contributed by atoms with Crippen LogP contribution in [0.5, 0.6) is 11.5 Å². The van der Waals surface area contributed by atoms with Gasteiger partial charge in [0.05, 0.1) is 14.2 Å². The number of ether oxygens (including phenoxy) is 2. The summed E-state index contributed by atoms with van der Waals surface area (Å²) in [5, 5.41) is 3.03. The lowest BCUT2D eigenvalue weighted by atomic mass is 10.1. The third kappa shape index (κ3) is 3.16. The zero-order chi connectivity index (χ0) is 16.2. The lowest BCUT2D eigenvalue weighted by molar-refractivity contribution is 0.0933. The molecule has 1 N–H and O–H groups in total. The number of oxazole rings is 1. The Labute approximate surface area is 134 Å². The van der Waals surface area contributed by atoms with Crippen molar-refractivity contribution in [1.29, 1.82) is 0 Å². The van der Waals surface area contributed by atoms with Crippen molar-refractivity contribution in [3.05, 3.63) is 30.3 Å². The zero-order valence-electron chi connectivity index (χ0n) is 13.3. The van der Waals surface area contributed by atoms with E-state index in [4.69, 9.17) is 13.9 Å². The van der Waals surface area contributed by atoms with Crippen LogP contribution >= 0.6 is 0 Å². The van der Waals surface area contributed by atoms with Crippen molar-refractivity contribution in [2.75, 3.05) is 14.2 Å². The average molecular weight is 316 g/mol. The number of methoxy groups -OCH3 is 2. The Morgan fingerprint density at radius 3 is 2.65 bits per heavy atom. The summed E-state index contributed by atoms with van der Waals surface area (Å²) in [5.74, 6) is 1.42. The molecule has 2 aromatic rings. The van der Waals surface area contributed by atoms with Crippen molar-refractivity contribution in [1.82, 2.24) is 10.3 Å². The molecule has 0 aliphatic heterocycles.